The lowest BCUT2D eigenvalue weighted by molar-refractivity contribution is -0.132. The molecule has 0 spiro atoms. The van der Waals surface area contributed by atoms with E-state index in [2.05, 4.69) is 46.3 Å². The number of benzene rings is 1. The van der Waals surface area contributed by atoms with Gasteiger partial charge in [-0.1, -0.05) is 31.2 Å². The Morgan fingerprint density at radius 2 is 1.50 bits per heavy atom. The molecular weight excluding hydrogens is 352 g/mol. The van der Waals surface area contributed by atoms with Crippen molar-refractivity contribution >= 4 is 11.8 Å². The monoisotopic (exact) mass is 386 g/mol. The molecule has 28 heavy (non-hydrogen) atoms. The van der Waals surface area contributed by atoms with Crippen LogP contribution >= 0.6 is 0 Å². The zero-order valence-electron chi connectivity index (χ0n) is 17.3. The van der Waals surface area contributed by atoms with E-state index in [1.807, 2.05) is 11.8 Å². The summed E-state index contributed by atoms with van der Waals surface area (Å²) in [5.74, 6) is 0.320. The maximum absolute atomic E-state index is 12.4. The molecule has 1 atom stereocenters. The SMILES string of the molecule is CCc1ccc(C(C)NC(=O)CN2CCN(CC(=O)N3CCCC3)CC2)cc1. The lowest BCUT2D eigenvalue weighted by Crippen LogP contribution is -2.51. The molecular formula is C22H34N4O2. The summed E-state index contributed by atoms with van der Waals surface area (Å²) in [5.41, 5.74) is 2.44. The Balaban J connectivity index is 1.37. The van der Waals surface area contributed by atoms with Crippen LogP contribution in [-0.4, -0.2) is 78.9 Å². The minimum Gasteiger partial charge on any atom is -0.348 e. The van der Waals surface area contributed by atoms with E-state index < -0.39 is 0 Å². The van der Waals surface area contributed by atoms with E-state index in [0.717, 1.165) is 64.1 Å². The molecule has 1 aromatic rings. The summed E-state index contributed by atoms with van der Waals surface area (Å²) < 4.78 is 0. The van der Waals surface area contributed by atoms with E-state index in [9.17, 15) is 9.59 Å². The van der Waals surface area contributed by atoms with Crippen LogP contribution in [0.4, 0.5) is 0 Å². The molecule has 2 heterocycles. The Bertz CT molecular complexity index is 647. The Morgan fingerprint density at radius 1 is 0.929 bits per heavy atom. The zero-order valence-corrected chi connectivity index (χ0v) is 17.3. The van der Waals surface area contributed by atoms with Gasteiger partial charge in [-0.3, -0.25) is 19.4 Å². The van der Waals surface area contributed by atoms with Crippen LogP contribution in [0.1, 0.15) is 43.9 Å². The van der Waals surface area contributed by atoms with Crippen LogP contribution in [0.15, 0.2) is 24.3 Å². The number of aryl methyl sites for hydroxylation is 1. The standard InChI is InChI=1S/C22H34N4O2/c1-3-19-6-8-20(9-7-19)18(2)23-21(27)16-24-12-14-25(15-13-24)17-22(28)26-10-4-5-11-26/h6-9,18H,3-5,10-17H2,1-2H3,(H,23,27). The molecule has 0 bridgehead atoms. The summed E-state index contributed by atoms with van der Waals surface area (Å²) in [6.07, 6.45) is 3.29. The van der Waals surface area contributed by atoms with E-state index in [4.69, 9.17) is 0 Å². The highest BCUT2D eigenvalue weighted by Crippen LogP contribution is 2.14. The van der Waals surface area contributed by atoms with Crippen molar-refractivity contribution in [1.82, 2.24) is 20.0 Å². The molecule has 0 radical (unpaired) electrons. The van der Waals surface area contributed by atoms with Gasteiger partial charge in [0, 0.05) is 39.3 Å². The number of rotatable bonds is 7. The molecule has 1 N–H and O–H groups in total. The van der Waals surface area contributed by atoms with E-state index >= 15 is 0 Å². The third-order valence-corrected chi connectivity index (χ3v) is 5.92. The van der Waals surface area contributed by atoms with Crippen LogP contribution in [0.25, 0.3) is 0 Å². The third kappa shape index (κ3) is 5.79. The lowest BCUT2D eigenvalue weighted by atomic mass is 10.1. The molecule has 6 heteroatoms. The van der Waals surface area contributed by atoms with Gasteiger partial charge in [-0.2, -0.15) is 0 Å². The molecule has 2 amide bonds. The van der Waals surface area contributed by atoms with Crippen molar-refractivity contribution in [2.75, 3.05) is 52.4 Å². The highest BCUT2D eigenvalue weighted by molar-refractivity contribution is 5.79. The number of hydrogen-bond acceptors (Lipinski definition) is 4. The minimum atomic E-state index is 0.0118. The molecule has 154 valence electrons. The summed E-state index contributed by atoms with van der Waals surface area (Å²) in [6.45, 7) is 10.3. The highest BCUT2D eigenvalue weighted by atomic mass is 16.2. The van der Waals surface area contributed by atoms with Gasteiger partial charge in [-0.05, 0) is 37.3 Å². The second-order valence-electron chi connectivity index (χ2n) is 8.02. The van der Waals surface area contributed by atoms with Crippen LogP contribution < -0.4 is 5.32 Å². The maximum Gasteiger partial charge on any atom is 0.236 e. The molecule has 3 rings (SSSR count). The fraction of sp³-hybridized carbons (Fsp3) is 0.636. The molecule has 2 fully saturated rings. The van der Waals surface area contributed by atoms with Crippen LogP contribution in [0.3, 0.4) is 0 Å². The molecule has 2 aliphatic heterocycles. The first-order valence-electron chi connectivity index (χ1n) is 10.7. The summed E-state index contributed by atoms with van der Waals surface area (Å²) in [4.78, 5) is 31.1. The van der Waals surface area contributed by atoms with E-state index in [1.54, 1.807) is 0 Å². The number of amides is 2. The normalized spacial score (nSPS) is 19.6. The Hall–Kier alpha value is -1.92. The van der Waals surface area contributed by atoms with Gasteiger partial charge in [-0.15, -0.1) is 0 Å². The predicted octanol–water partition coefficient (Wildman–Crippen LogP) is 1.67. The molecule has 0 saturated carbocycles. The predicted molar refractivity (Wildman–Crippen MR) is 111 cm³/mol. The fourth-order valence-corrected chi connectivity index (χ4v) is 3.98. The van der Waals surface area contributed by atoms with Gasteiger partial charge in [0.05, 0.1) is 19.1 Å². The number of carbonyl (C=O) groups is 2. The highest BCUT2D eigenvalue weighted by Gasteiger charge is 2.24. The van der Waals surface area contributed by atoms with Gasteiger partial charge in [0.15, 0.2) is 0 Å². The van der Waals surface area contributed by atoms with Gasteiger partial charge in [0.2, 0.25) is 11.8 Å². The van der Waals surface area contributed by atoms with Crippen molar-refractivity contribution in [3.63, 3.8) is 0 Å². The van der Waals surface area contributed by atoms with Crippen molar-refractivity contribution in [3.05, 3.63) is 35.4 Å². The van der Waals surface area contributed by atoms with Gasteiger partial charge in [0.25, 0.3) is 0 Å². The van der Waals surface area contributed by atoms with Gasteiger partial charge in [0.1, 0.15) is 0 Å². The minimum absolute atomic E-state index is 0.0118. The van der Waals surface area contributed by atoms with Crippen LogP contribution in [0, 0.1) is 0 Å². The average Bonchev–Trinajstić information content (AvgIpc) is 3.24. The average molecular weight is 387 g/mol. The summed E-state index contributed by atoms with van der Waals surface area (Å²) in [5, 5.41) is 3.11. The van der Waals surface area contributed by atoms with Crippen molar-refractivity contribution in [2.24, 2.45) is 0 Å². The van der Waals surface area contributed by atoms with Crippen molar-refractivity contribution in [2.45, 2.75) is 39.2 Å². The number of nitrogens with zero attached hydrogens (tertiary/aromatic N) is 3. The van der Waals surface area contributed by atoms with Gasteiger partial charge >= 0.3 is 0 Å². The van der Waals surface area contributed by atoms with Gasteiger partial charge in [-0.25, -0.2) is 0 Å². The Morgan fingerprint density at radius 3 is 2.07 bits per heavy atom. The van der Waals surface area contributed by atoms with E-state index in [-0.39, 0.29) is 17.9 Å². The summed E-state index contributed by atoms with van der Waals surface area (Å²) in [6, 6.07) is 8.46. The quantitative estimate of drug-likeness (QED) is 0.775. The largest absolute Gasteiger partial charge is 0.348 e. The Kier molecular flexibility index (Phi) is 7.45. The number of hydrogen-bond donors (Lipinski definition) is 1. The first kappa shape index (κ1) is 20.8. The van der Waals surface area contributed by atoms with Gasteiger partial charge < -0.3 is 10.2 Å². The van der Waals surface area contributed by atoms with Crippen LogP contribution in [-0.2, 0) is 16.0 Å². The molecule has 6 nitrogen and oxygen atoms in total. The summed E-state index contributed by atoms with van der Waals surface area (Å²) >= 11 is 0. The smallest absolute Gasteiger partial charge is 0.236 e. The number of carbonyl (C=O) groups excluding carboxylic acids is 2. The van der Waals surface area contributed by atoms with Crippen LogP contribution in [0.5, 0.6) is 0 Å². The molecule has 1 unspecified atom stereocenters. The third-order valence-electron chi connectivity index (χ3n) is 5.92. The molecule has 1 aromatic carbocycles. The number of likely N-dealkylation sites (tertiary alicyclic amines) is 1. The fourth-order valence-electron chi connectivity index (χ4n) is 3.98. The first-order chi connectivity index (χ1) is 13.5. The molecule has 0 aromatic heterocycles. The number of nitrogens with one attached hydrogen (secondary N) is 1. The van der Waals surface area contributed by atoms with E-state index in [1.165, 1.54) is 5.56 Å². The first-order valence-corrected chi connectivity index (χ1v) is 10.7. The number of piperazine rings is 1. The van der Waals surface area contributed by atoms with Crippen LogP contribution in [0.2, 0.25) is 0 Å². The zero-order chi connectivity index (χ0) is 19.9. The van der Waals surface area contributed by atoms with Crippen molar-refractivity contribution in [3.8, 4) is 0 Å². The van der Waals surface area contributed by atoms with Crippen molar-refractivity contribution in [1.29, 1.82) is 0 Å². The topological polar surface area (TPSA) is 55.9 Å². The second kappa shape index (κ2) is 10.0. The van der Waals surface area contributed by atoms with E-state index in [0.29, 0.717) is 13.1 Å². The van der Waals surface area contributed by atoms with Crippen molar-refractivity contribution < 1.29 is 9.59 Å². The molecule has 2 aliphatic rings. The maximum atomic E-state index is 12.4. The lowest BCUT2D eigenvalue weighted by Gasteiger charge is -2.34. The second-order valence-corrected chi connectivity index (χ2v) is 8.02. The molecule has 2 saturated heterocycles. The summed E-state index contributed by atoms with van der Waals surface area (Å²) in [7, 11) is 0. The molecule has 0 aliphatic carbocycles. The Labute approximate surface area is 168 Å².